The van der Waals surface area contributed by atoms with Gasteiger partial charge in [-0.2, -0.15) is 0 Å². The number of esters is 1. The number of nitro groups is 1. The van der Waals surface area contributed by atoms with Gasteiger partial charge in [-0.25, -0.2) is 4.79 Å². The van der Waals surface area contributed by atoms with Gasteiger partial charge in [-0.3, -0.25) is 14.9 Å². The molecule has 0 aliphatic heterocycles. The second-order valence-electron chi connectivity index (χ2n) is 6.17. The van der Waals surface area contributed by atoms with Gasteiger partial charge in [0, 0.05) is 28.1 Å². The van der Waals surface area contributed by atoms with E-state index in [2.05, 4.69) is 5.32 Å². The van der Waals surface area contributed by atoms with E-state index in [0.29, 0.717) is 21.9 Å². The number of non-ortho nitro benzene ring substituents is 1. The monoisotopic (exact) mass is 460 g/mol. The minimum absolute atomic E-state index is 0.111. The highest BCUT2D eigenvalue weighted by atomic mass is 35.5. The number of anilines is 1. The third kappa shape index (κ3) is 5.59. The number of hydrogen-bond donors (Lipinski definition) is 1. The highest BCUT2D eigenvalue weighted by molar-refractivity contribution is 7.15. The zero-order valence-electron chi connectivity index (χ0n) is 16.3. The van der Waals surface area contributed by atoms with Crippen molar-refractivity contribution in [3.8, 4) is 16.9 Å². The Morgan fingerprint density at radius 3 is 2.61 bits per heavy atom. The summed E-state index contributed by atoms with van der Waals surface area (Å²) in [7, 11) is 0. The molecule has 160 valence electrons. The van der Waals surface area contributed by atoms with Crippen LogP contribution in [0, 0.1) is 10.1 Å². The molecule has 1 amide bonds. The lowest BCUT2D eigenvalue weighted by molar-refractivity contribution is -0.384. The second kappa shape index (κ2) is 10.1. The van der Waals surface area contributed by atoms with E-state index >= 15 is 0 Å². The normalized spacial score (nSPS) is 10.4. The van der Waals surface area contributed by atoms with Crippen LogP contribution in [0.4, 0.5) is 10.7 Å². The first kappa shape index (κ1) is 22.3. The van der Waals surface area contributed by atoms with Crippen LogP contribution in [0.2, 0.25) is 5.02 Å². The number of benzene rings is 2. The Morgan fingerprint density at radius 1 is 1.19 bits per heavy atom. The number of nitrogens with zero attached hydrogens (tertiary/aromatic N) is 1. The lowest BCUT2D eigenvalue weighted by Crippen LogP contribution is -2.21. The summed E-state index contributed by atoms with van der Waals surface area (Å²) in [6, 6.07) is 12.4. The Labute approximate surface area is 186 Å². The molecule has 0 atom stereocenters. The van der Waals surface area contributed by atoms with Crippen LogP contribution < -0.4 is 10.1 Å². The van der Waals surface area contributed by atoms with Crippen molar-refractivity contribution >= 4 is 45.5 Å². The molecule has 0 fully saturated rings. The van der Waals surface area contributed by atoms with Gasteiger partial charge in [-0.1, -0.05) is 23.7 Å². The lowest BCUT2D eigenvalue weighted by atomic mass is 10.0. The largest absolute Gasteiger partial charge is 0.484 e. The minimum Gasteiger partial charge on any atom is -0.484 e. The number of ether oxygens (including phenoxy) is 2. The molecule has 0 aliphatic carbocycles. The van der Waals surface area contributed by atoms with Gasteiger partial charge in [0.2, 0.25) is 0 Å². The Kier molecular flexibility index (Phi) is 7.22. The summed E-state index contributed by atoms with van der Waals surface area (Å²) in [5, 5.41) is 16.2. The predicted octanol–water partition coefficient (Wildman–Crippen LogP) is 5.17. The first-order chi connectivity index (χ1) is 14.9. The number of nitrogens with one attached hydrogen (secondary N) is 1. The van der Waals surface area contributed by atoms with Crippen LogP contribution in [0.25, 0.3) is 11.1 Å². The fraction of sp³-hybridized carbons (Fsp3) is 0.143. The summed E-state index contributed by atoms with van der Waals surface area (Å²) in [6.07, 6.45) is 0. The van der Waals surface area contributed by atoms with E-state index in [1.807, 2.05) is 0 Å². The molecule has 1 N–H and O–H groups in total. The van der Waals surface area contributed by atoms with Crippen LogP contribution in [0.15, 0.2) is 53.9 Å². The number of rotatable bonds is 8. The predicted molar refractivity (Wildman–Crippen MR) is 118 cm³/mol. The molecule has 0 radical (unpaired) electrons. The molecule has 0 bridgehead atoms. The molecule has 0 aliphatic rings. The fourth-order valence-electron chi connectivity index (χ4n) is 2.70. The van der Waals surface area contributed by atoms with Gasteiger partial charge in [0.25, 0.3) is 11.6 Å². The molecule has 1 heterocycles. The second-order valence-corrected chi connectivity index (χ2v) is 7.49. The number of hydrogen-bond acceptors (Lipinski definition) is 7. The lowest BCUT2D eigenvalue weighted by Gasteiger charge is -2.10. The SMILES string of the molecule is CCOC(=O)c1c(-c2cccc([N+](=O)[O-])c2)csc1NC(=O)COc1ccc(Cl)cc1. The summed E-state index contributed by atoms with van der Waals surface area (Å²) >= 11 is 6.94. The quantitative estimate of drug-likeness (QED) is 0.282. The number of halogens is 1. The highest BCUT2D eigenvalue weighted by Crippen LogP contribution is 2.37. The maximum absolute atomic E-state index is 12.6. The van der Waals surface area contributed by atoms with Crippen LogP contribution in [-0.4, -0.2) is 30.0 Å². The van der Waals surface area contributed by atoms with E-state index in [4.69, 9.17) is 21.1 Å². The summed E-state index contributed by atoms with van der Waals surface area (Å²) < 4.78 is 10.5. The molecule has 0 spiro atoms. The molecule has 1 aromatic heterocycles. The molecular weight excluding hydrogens is 444 g/mol. The summed E-state index contributed by atoms with van der Waals surface area (Å²) in [5.41, 5.74) is 0.917. The maximum Gasteiger partial charge on any atom is 0.341 e. The molecule has 0 unspecified atom stereocenters. The summed E-state index contributed by atoms with van der Waals surface area (Å²) in [4.78, 5) is 35.6. The number of carbonyl (C=O) groups is 2. The number of nitro benzene ring substituents is 1. The van der Waals surface area contributed by atoms with Crippen molar-refractivity contribution in [2.24, 2.45) is 0 Å². The fourth-order valence-corrected chi connectivity index (χ4v) is 3.80. The van der Waals surface area contributed by atoms with Gasteiger partial charge in [0.15, 0.2) is 6.61 Å². The molecule has 8 nitrogen and oxygen atoms in total. The smallest absolute Gasteiger partial charge is 0.341 e. The maximum atomic E-state index is 12.6. The zero-order valence-corrected chi connectivity index (χ0v) is 17.9. The van der Waals surface area contributed by atoms with Crippen molar-refractivity contribution in [1.82, 2.24) is 0 Å². The molecule has 3 rings (SSSR count). The van der Waals surface area contributed by atoms with Crippen LogP contribution in [0.1, 0.15) is 17.3 Å². The number of thiophene rings is 1. The first-order valence-electron chi connectivity index (χ1n) is 9.10. The van der Waals surface area contributed by atoms with Gasteiger partial charge >= 0.3 is 5.97 Å². The molecule has 10 heteroatoms. The third-order valence-electron chi connectivity index (χ3n) is 4.08. The van der Waals surface area contributed by atoms with E-state index in [1.54, 1.807) is 42.6 Å². The van der Waals surface area contributed by atoms with Gasteiger partial charge in [-0.15, -0.1) is 11.3 Å². The molecule has 0 saturated carbocycles. The number of carbonyl (C=O) groups excluding carboxylic acids is 2. The van der Waals surface area contributed by atoms with Gasteiger partial charge in [0.05, 0.1) is 11.5 Å². The average molecular weight is 461 g/mol. The third-order valence-corrected chi connectivity index (χ3v) is 5.22. The highest BCUT2D eigenvalue weighted by Gasteiger charge is 2.23. The minimum atomic E-state index is -0.640. The van der Waals surface area contributed by atoms with Crippen molar-refractivity contribution in [2.45, 2.75) is 6.92 Å². The van der Waals surface area contributed by atoms with Gasteiger partial charge in [-0.05, 0) is 36.8 Å². The van der Waals surface area contributed by atoms with Crippen molar-refractivity contribution < 1.29 is 24.0 Å². The topological polar surface area (TPSA) is 108 Å². The molecule has 0 saturated heterocycles. The Balaban J connectivity index is 1.83. The molecule has 3 aromatic rings. The standard InChI is InChI=1S/C21H17ClN2O6S/c1-2-29-21(26)19-17(13-4-3-5-15(10-13)24(27)28)12-31-20(19)23-18(25)11-30-16-8-6-14(22)7-9-16/h3-10,12H,2,11H2,1H3,(H,23,25). The van der Waals surface area contributed by atoms with Gasteiger partial charge < -0.3 is 14.8 Å². The van der Waals surface area contributed by atoms with E-state index < -0.39 is 16.8 Å². The van der Waals surface area contributed by atoms with Crippen LogP contribution in [0.3, 0.4) is 0 Å². The van der Waals surface area contributed by atoms with Crippen molar-refractivity contribution in [3.63, 3.8) is 0 Å². The Morgan fingerprint density at radius 2 is 1.94 bits per heavy atom. The van der Waals surface area contributed by atoms with Crippen molar-refractivity contribution in [2.75, 3.05) is 18.5 Å². The average Bonchev–Trinajstić information content (AvgIpc) is 3.17. The Hall–Kier alpha value is -3.43. The summed E-state index contributed by atoms with van der Waals surface area (Å²) in [5.74, 6) is -0.652. The van der Waals surface area contributed by atoms with Crippen LogP contribution in [0.5, 0.6) is 5.75 Å². The van der Waals surface area contributed by atoms with E-state index in [-0.39, 0.29) is 29.5 Å². The van der Waals surface area contributed by atoms with E-state index in [0.717, 1.165) is 11.3 Å². The van der Waals surface area contributed by atoms with E-state index in [9.17, 15) is 19.7 Å². The summed E-state index contributed by atoms with van der Waals surface area (Å²) in [6.45, 7) is 1.51. The van der Waals surface area contributed by atoms with E-state index in [1.165, 1.54) is 18.2 Å². The van der Waals surface area contributed by atoms with Crippen molar-refractivity contribution in [1.29, 1.82) is 0 Å². The van der Waals surface area contributed by atoms with Crippen LogP contribution in [-0.2, 0) is 9.53 Å². The van der Waals surface area contributed by atoms with Crippen LogP contribution >= 0.6 is 22.9 Å². The van der Waals surface area contributed by atoms with Crippen molar-refractivity contribution in [3.05, 3.63) is 74.6 Å². The Bertz CT molecular complexity index is 1110. The molecule has 31 heavy (non-hydrogen) atoms. The zero-order chi connectivity index (χ0) is 22.4. The van der Waals surface area contributed by atoms with Gasteiger partial charge in [0.1, 0.15) is 16.3 Å². The number of amides is 1. The first-order valence-corrected chi connectivity index (χ1v) is 10.4. The molecule has 2 aromatic carbocycles. The molecular formula is C21H17ClN2O6S.